The summed E-state index contributed by atoms with van der Waals surface area (Å²) in [6, 6.07) is 9.03. The Balaban J connectivity index is 2.79. The average Bonchev–Trinajstić information content (AvgIpc) is 2.50. The maximum Gasteiger partial charge on any atom is 0.144 e. The number of thiophene rings is 1. The molecule has 0 unspecified atom stereocenters. The standard InChI is InChI=1S/C9H7OS/c1-10-8-4-2-3-7-5-6-11-9(7)8/h2-3,5-6H,1H3. The molecule has 2 heteroatoms. The van der Waals surface area contributed by atoms with Crippen molar-refractivity contribution in [2.45, 2.75) is 0 Å². The summed E-state index contributed by atoms with van der Waals surface area (Å²) >= 11 is 1.68. The van der Waals surface area contributed by atoms with Crippen LogP contribution < -0.4 is 4.74 Å². The molecule has 0 aliphatic carbocycles. The molecule has 0 amide bonds. The number of hydrogen-bond acceptors (Lipinski definition) is 2. The minimum Gasteiger partial charge on any atom is -0.495 e. The van der Waals surface area contributed by atoms with E-state index in [-0.39, 0.29) is 0 Å². The van der Waals surface area contributed by atoms with E-state index in [1.54, 1.807) is 18.4 Å². The van der Waals surface area contributed by atoms with Gasteiger partial charge in [0.15, 0.2) is 0 Å². The van der Waals surface area contributed by atoms with Crippen LogP contribution in [0.1, 0.15) is 0 Å². The van der Waals surface area contributed by atoms with Gasteiger partial charge in [0.2, 0.25) is 0 Å². The fourth-order valence-corrected chi connectivity index (χ4v) is 1.93. The SMILES string of the molecule is COc1[c]ccc2ccsc12. The van der Waals surface area contributed by atoms with E-state index in [4.69, 9.17) is 4.74 Å². The number of rotatable bonds is 1. The molecule has 11 heavy (non-hydrogen) atoms. The molecule has 1 aromatic carbocycles. The molecule has 0 N–H and O–H groups in total. The highest BCUT2D eigenvalue weighted by Crippen LogP contribution is 2.29. The van der Waals surface area contributed by atoms with E-state index in [0.29, 0.717) is 0 Å². The van der Waals surface area contributed by atoms with E-state index in [9.17, 15) is 0 Å². The third-order valence-electron chi connectivity index (χ3n) is 1.58. The van der Waals surface area contributed by atoms with Crippen molar-refractivity contribution >= 4 is 21.4 Å². The predicted molar refractivity (Wildman–Crippen MR) is 47.2 cm³/mol. The average molecular weight is 163 g/mol. The van der Waals surface area contributed by atoms with Crippen LogP contribution in [0, 0.1) is 6.07 Å². The molecule has 2 rings (SSSR count). The molecule has 0 aliphatic rings. The van der Waals surface area contributed by atoms with Gasteiger partial charge in [0, 0.05) is 6.07 Å². The van der Waals surface area contributed by atoms with Crippen LogP contribution in [0.4, 0.5) is 0 Å². The molecule has 1 heterocycles. The summed E-state index contributed by atoms with van der Waals surface area (Å²) in [5.74, 6) is 0.845. The Morgan fingerprint density at radius 2 is 2.36 bits per heavy atom. The third-order valence-corrected chi connectivity index (χ3v) is 2.51. The van der Waals surface area contributed by atoms with Gasteiger partial charge >= 0.3 is 0 Å². The summed E-state index contributed by atoms with van der Waals surface area (Å²) in [4.78, 5) is 0. The Kier molecular flexibility index (Phi) is 1.55. The molecule has 0 fully saturated rings. The molecule has 0 saturated carbocycles. The minimum atomic E-state index is 0.845. The van der Waals surface area contributed by atoms with Gasteiger partial charge < -0.3 is 4.74 Å². The van der Waals surface area contributed by atoms with E-state index in [0.717, 1.165) is 5.75 Å². The molecule has 0 bridgehead atoms. The first kappa shape index (κ1) is 6.68. The molecule has 1 aromatic heterocycles. The summed E-state index contributed by atoms with van der Waals surface area (Å²) in [5, 5.41) is 3.28. The number of benzene rings is 1. The zero-order valence-corrected chi connectivity index (χ0v) is 6.94. The van der Waals surface area contributed by atoms with Crippen LogP contribution in [0.15, 0.2) is 23.6 Å². The molecular weight excluding hydrogens is 156 g/mol. The molecule has 1 nitrogen and oxygen atoms in total. The minimum absolute atomic E-state index is 0.845. The van der Waals surface area contributed by atoms with Crippen molar-refractivity contribution < 1.29 is 4.74 Å². The van der Waals surface area contributed by atoms with Gasteiger partial charge in [-0.05, 0) is 22.9 Å². The van der Waals surface area contributed by atoms with Gasteiger partial charge in [0.25, 0.3) is 0 Å². The van der Waals surface area contributed by atoms with Gasteiger partial charge in [-0.25, -0.2) is 0 Å². The van der Waals surface area contributed by atoms with Crippen molar-refractivity contribution in [2.75, 3.05) is 7.11 Å². The molecule has 0 atom stereocenters. The highest BCUT2D eigenvalue weighted by molar-refractivity contribution is 7.17. The maximum absolute atomic E-state index is 5.14. The van der Waals surface area contributed by atoms with Crippen molar-refractivity contribution in [2.24, 2.45) is 0 Å². The number of ether oxygens (including phenoxy) is 1. The normalized spacial score (nSPS) is 10.3. The monoisotopic (exact) mass is 163 g/mol. The van der Waals surface area contributed by atoms with Crippen LogP contribution in [0.5, 0.6) is 5.75 Å². The van der Waals surface area contributed by atoms with Gasteiger partial charge in [0.1, 0.15) is 5.75 Å². The summed E-state index contributed by atoms with van der Waals surface area (Å²) in [6.45, 7) is 0. The maximum atomic E-state index is 5.14. The van der Waals surface area contributed by atoms with Crippen molar-refractivity contribution in [3.63, 3.8) is 0 Å². The van der Waals surface area contributed by atoms with Crippen LogP contribution in [-0.2, 0) is 0 Å². The van der Waals surface area contributed by atoms with E-state index < -0.39 is 0 Å². The summed E-state index contributed by atoms with van der Waals surface area (Å²) in [6.07, 6.45) is 0. The molecule has 0 saturated heterocycles. The Hall–Kier alpha value is -1.02. The zero-order valence-electron chi connectivity index (χ0n) is 6.13. The molecule has 55 valence electrons. The topological polar surface area (TPSA) is 9.23 Å². The first-order valence-electron chi connectivity index (χ1n) is 3.33. The lowest BCUT2D eigenvalue weighted by atomic mass is 10.2. The zero-order chi connectivity index (χ0) is 7.68. The Bertz CT molecular complexity index is 364. The largest absolute Gasteiger partial charge is 0.495 e. The van der Waals surface area contributed by atoms with Crippen molar-refractivity contribution in [3.05, 3.63) is 29.6 Å². The second-order valence-electron chi connectivity index (χ2n) is 2.22. The quantitative estimate of drug-likeness (QED) is 0.628. The number of methoxy groups -OCH3 is 1. The van der Waals surface area contributed by atoms with E-state index >= 15 is 0 Å². The Labute approximate surface area is 69.2 Å². The van der Waals surface area contributed by atoms with Crippen molar-refractivity contribution in [3.8, 4) is 5.75 Å². The van der Waals surface area contributed by atoms with Crippen LogP contribution in [-0.4, -0.2) is 7.11 Å². The smallest absolute Gasteiger partial charge is 0.144 e. The highest BCUT2D eigenvalue weighted by atomic mass is 32.1. The molecule has 0 aliphatic heterocycles. The lowest BCUT2D eigenvalue weighted by Crippen LogP contribution is -1.80. The van der Waals surface area contributed by atoms with E-state index in [2.05, 4.69) is 17.5 Å². The predicted octanol–water partition coefficient (Wildman–Crippen LogP) is 2.71. The lowest BCUT2D eigenvalue weighted by Gasteiger charge is -1.98. The van der Waals surface area contributed by atoms with Gasteiger partial charge in [-0.2, -0.15) is 0 Å². The highest BCUT2D eigenvalue weighted by Gasteiger charge is 1.99. The third kappa shape index (κ3) is 0.994. The van der Waals surface area contributed by atoms with Gasteiger partial charge in [-0.1, -0.05) is 6.07 Å². The first-order valence-corrected chi connectivity index (χ1v) is 4.21. The van der Waals surface area contributed by atoms with Gasteiger partial charge in [-0.15, -0.1) is 11.3 Å². The molecule has 0 spiro atoms. The number of hydrogen-bond donors (Lipinski definition) is 0. The second kappa shape index (κ2) is 2.55. The Morgan fingerprint density at radius 1 is 1.45 bits per heavy atom. The molecule has 1 radical (unpaired) electrons. The second-order valence-corrected chi connectivity index (χ2v) is 3.13. The van der Waals surface area contributed by atoms with E-state index in [1.165, 1.54) is 10.1 Å². The van der Waals surface area contributed by atoms with E-state index in [1.807, 2.05) is 12.1 Å². The van der Waals surface area contributed by atoms with Crippen LogP contribution in [0.3, 0.4) is 0 Å². The molecule has 2 aromatic rings. The molecular formula is C9H7OS. The summed E-state index contributed by atoms with van der Waals surface area (Å²) in [7, 11) is 1.67. The van der Waals surface area contributed by atoms with Crippen LogP contribution >= 0.6 is 11.3 Å². The Morgan fingerprint density at radius 3 is 3.18 bits per heavy atom. The fraction of sp³-hybridized carbons (Fsp3) is 0.111. The first-order chi connectivity index (χ1) is 5.42. The number of fused-ring (bicyclic) bond motifs is 1. The lowest BCUT2D eigenvalue weighted by molar-refractivity contribution is 0.419. The summed E-state index contributed by atoms with van der Waals surface area (Å²) in [5.41, 5.74) is 0. The van der Waals surface area contributed by atoms with Crippen molar-refractivity contribution in [1.82, 2.24) is 0 Å². The van der Waals surface area contributed by atoms with Crippen LogP contribution in [0.2, 0.25) is 0 Å². The fourth-order valence-electron chi connectivity index (χ4n) is 1.06. The van der Waals surface area contributed by atoms with Crippen molar-refractivity contribution in [1.29, 1.82) is 0 Å². The van der Waals surface area contributed by atoms with Gasteiger partial charge in [-0.3, -0.25) is 0 Å². The van der Waals surface area contributed by atoms with Crippen LogP contribution in [0.25, 0.3) is 10.1 Å². The summed E-state index contributed by atoms with van der Waals surface area (Å²) < 4.78 is 6.32. The van der Waals surface area contributed by atoms with Gasteiger partial charge in [0.05, 0.1) is 11.8 Å².